The zero-order valence-corrected chi connectivity index (χ0v) is 8.92. The molecule has 76 valence electrons. The van der Waals surface area contributed by atoms with Gasteiger partial charge in [-0.15, -0.1) is 0 Å². The minimum absolute atomic E-state index is 0.882. The van der Waals surface area contributed by atoms with E-state index in [1.54, 1.807) is 0 Å². The van der Waals surface area contributed by atoms with Crippen molar-refractivity contribution in [1.82, 2.24) is 10.2 Å². The molecule has 0 radical (unpaired) electrons. The number of allylic oxidation sites excluding steroid dienone is 2. The van der Waals surface area contributed by atoms with Crippen molar-refractivity contribution in [3.05, 3.63) is 12.2 Å². The zero-order chi connectivity index (χ0) is 9.52. The highest BCUT2D eigenvalue weighted by molar-refractivity contribution is 4.90. The monoisotopic (exact) mass is 182 g/mol. The van der Waals surface area contributed by atoms with Crippen molar-refractivity contribution in [3.63, 3.8) is 0 Å². The number of hydrogen-bond donors (Lipinski definition) is 1. The molecule has 0 aromatic carbocycles. The van der Waals surface area contributed by atoms with Gasteiger partial charge in [0.25, 0.3) is 0 Å². The molecule has 0 saturated carbocycles. The summed E-state index contributed by atoms with van der Waals surface area (Å²) in [5.74, 6) is 0.882. The van der Waals surface area contributed by atoms with E-state index in [1.165, 1.54) is 25.8 Å². The van der Waals surface area contributed by atoms with Crippen molar-refractivity contribution in [2.24, 2.45) is 5.92 Å². The molecule has 1 aliphatic rings. The Kier molecular flexibility index (Phi) is 5.09. The summed E-state index contributed by atoms with van der Waals surface area (Å²) in [4.78, 5) is 2.22. The van der Waals surface area contributed by atoms with Gasteiger partial charge in [-0.3, -0.25) is 0 Å². The quantitative estimate of drug-likeness (QED) is 0.512. The van der Waals surface area contributed by atoms with Gasteiger partial charge < -0.3 is 10.2 Å². The summed E-state index contributed by atoms with van der Waals surface area (Å²) in [7, 11) is 4.23. The fraction of sp³-hybridized carbons (Fsp3) is 0.818. The smallest absolute Gasteiger partial charge is 0.0101 e. The van der Waals surface area contributed by atoms with Gasteiger partial charge in [0.2, 0.25) is 0 Å². The fourth-order valence-electron chi connectivity index (χ4n) is 1.65. The van der Waals surface area contributed by atoms with Crippen molar-refractivity contribution in [1.29, 1.82) is 0 Å². The minimum Gasteiger partial charge on any atom is -0.315 e. The van der Waals surface area contributed by atoms with Crippen LogP contribution in [0.15, 0.2) is 12.2 Å². The van der Waals surface area contributed by atoms with Crippen molar-refractivity contribution in [3.8, 4) is 0 Å². The largest absolute Gasteiger partial charge is 0.315 e. The Morgan fingerprint density at radius 2 is 2.23 bits per heavy atom. The second-order valence-electron chi connectivity index (χ2n) is 4.16. The fourth-order valence-corrected chi connectivity index (χ4v) is 1.65. The molecule has 1 N–H and O–H groups in total. The van der Waals surface area contributed by atoms with Gasteiger partial charge in [-0.05, 0) is 45.8 Å². The molecule has 0 fully saturated rings. The predicted molar refractivity (Wildman–Crippen MR) is 57.9 cm³/mol. The summed E-state index contributed by atoms with van der Waals surface area (Å²) in [6.45, 7) is 3.45. The molecule has 0 aromatic heterocycles. The highest BCUT2D eigenvalue weighted by atomic mass is 15.1. The average Bonchev–Trinajstić information content (AvgIpc) is 2.14. The van der Waals surface area contributed by atoms with Crippen molar-refractivity contribution in [2.75, 3.05) is 33.7 Å². The number of rotatable bonds is 5. The van der Waals surface area contributed by atoms with Crippen LogP contribution in [0.1, 0.15) is 19.3 Å². The predicted octanol–water partition coefficient (Wildman–Crippen LogP) is 1.49. The molecule has 0 heterocycles. The first kappa shape index (κ1) is 10.7. The first-order chi connectivity index (χ1) is 6.29. The maximum Gasteiger partial charge on any atom is 0.0101 e. The van der Waals surface area contributed by atoms with E-state index in [1.807, 2.05) is 0 Å². The van der Waals surface area contributed by atoms with E-state index in [0.717, 1.165) is 19.0 Å². The molecule has 0 amide bonds. The standard InChI is InChI=1S/C11H22N2/c1-13(2)9-8-12-10-11-6-4-3-5-7-11/h3-4,11-12H,5-10H2,1-2H3. The number of hydrogen-bond acceptors (Lipinski definition) is 2. The zero-order valence-electron chi connectivity index (χ0n) is 8.92. The van der Waals surface area contributed by atoms with E-state index in [2.05, 4.69) is 36.5 Å². The molecule has 1 unspecified atom stereocenters. The van der Waals surface area contributed by atoms with Crippen LogP contribution in [-0.4, -0.2) is 38.6 Å². The second kappa shape index (κ2) is 6.17. The van der Waals surface area contributed by atoms with E-state index < -0.39 is 0 Å². The lowest BCUT2D eigenvalue weighted by Gasteiger charge is -2.18. The molecular formula is C11H22N2. The summed E-state index contributed by atoms with van der Waals surface area (Å²) in [5.41, 5.74) is 0. The third-order valence-corrected chi connectivity index (χ3v) is 2.55. The van der Waals surface area contributed by atoms with Crippen LogP contribution in [0.3, 0.4) is 0 Å². The van der Waals surface area contributed by atoms with E-state index in [-0.39, 0.29) is 0 Å². The maximum atomic E-state index is 3.51. The SMILES string of the molecule is CN(C)CCNCC1CC=CCC1. The van der Waals surface area contributed by atoms with Crippen molar-refractivity contribution >= 4 is 0 Å². The van der Waals surface area contributed by atoms with Gasteiger partial charge in [0, 0.05) is 13.1 Å². The topological polar surface area (TPSA) is 15.3 Å². The van der Waals surface area contributed by atoms with Crippen LogP contribution in [-0.2, 0) is 0 Å². The molecule has 0 aromatic rings. The van der Waals surface area contributed by atoms with E-state index in [0.29, 0.717) is 0 Å². The van der Waals surface area contributed by atoms with Crippen molar-refractivity contribution < 1.29 is 0 Å². The third-order valence-electron chi connectivity index (χ3n) is 2.55. The Balaban J connectivity index is 1.96. The minimum atomic E-state index is 0.882. The van der Waals surface area contributed by atoms with Gasteiger partial charge in [0.15, 0.2) is 0 Å². The molecule has 0 spiro atoms. The van der Waals surface area contributed by atoms with Crippen LogP contribution in [0.4, 0.5) is 0 Å². The molecule has 0 aliphatic heterocycles. The van der Waals surface area contributed by atoms with Crippen LogP contribution < -0.4 is 5.32 Å². The number of likely N-dealkylation sites (N-methyl/N-ethyl adjacent to an activating group) is 1. The lowest BCUT2D eigenvalue weighted by Crippen LogP contribution is -2.30. The first-order valence-corrected chi connectivity index (χ1v) is 5.29. The van der Waals surface area contributed by atoms with E-state index >= 15 is 0 Å². The lowest BCUT2D eigenvalue weighted by molar-refractivity contribution is 0.378. The second-order valence-corrected chi connectivity index (χ2v) is 4.16. The van der Waals surface area contributed by atoms with E-state index in [4.69, 9.17) is 0 Å². The Morgan fingerprint density at radius 3 is 2.85 bits per heavy atom. The molecular weight excluding hydrogens is 160 g/mol. The van der Waals surface area contributed by atoms with Crippen LogP contribution in [0.25, 0.3) is 0 Å². The van der Waals surface area contributed by atoms with Gasteiger partial charge in [-0.1, -0.05) is 12.2 Å². The van der Waals surface area contributed by atoms with Crippen LogP contribution in [0, 0.1) is 5.92 Å². The summed E-state index contributed by atoms with van der Waals surface area (Å²) in [5, 5.41) is 3.51. The first-order valence-electron chi connectivity index (χ1n) is 5.29. The Hall–Kier alpha value is -0.340. The van der Waals surface area contributed by atoms with Gasteiger partial charge in [-0.25, -0.2) is 0 Å². The Morgan fingerprint density at radius 1 is 1.38 bits per heavy atom. The summed E-state index contributed by atoms with van der Waals surface area (Å²) in [6, 6.07) is 0. The molecule has 1 aliphatic carbocycles. The average molecular weight is 182 g/mol. The molecule has 0 saturated heterocycles. The molecule has 2 heteroatoms. The van der Waals surface area contributed by atoms with Crippen LogP contribution in [0.5, 0.6) is 0 Å². The summed E-state index contributed by atoms with van der Waals surface area (Å²) < 4.78 is 0. The maximum absolute atomic E-state index is 3.51. The van der Waals surface area contributed by atoms with Crippen LogP contribution in [0.2, 0.25) is 0 Å². The molecule has 0 bridgehead atoms. The summed E-state index contributed by atoms with van der Waals surface area (Å²) >= 11 is 0. The summed E-state index contributed by atoms with van der Waals surface area (Å²) in [6.07, 6.45) is 8.54. The molecule has 1 rings (SSSR count). The Labute approximate surface area is 82.0 Å². The van der Waals surface area contributed by atoms with Crippen molar-refractivity contribution in [2.45, 2.75) is 19.3 Å². The van der Waals surface area contributed by atoms with Crippen LogP contribution >= 0.6 is 0 Å². The number of nitrogens with one attached hydrogen (secondary N) is 1. The lowest BCUT2D eigenvalue weighted by atomic mass is 9.94. The third kappa shape index (κ3) is 5.06. The number of nitrogens with zero attached hydrogens (tertiary/aromatic N) is 1. The highest BCUT2D eigenvalue weighted by Gasteiger charge is 2.08. The Bertz CT molecular complexity index is 152. The van der Waals surface area contributed by atoms with Gasteiger partial charge in [0.05, 0.1) is 0 Å². The molecule has 1 atom stereocenters. The highest BCUT2D eigenvalue weighted by Crippen LogP contribution is 2.16. The van der Waals surface area contributed by atoms with E-state index in [9.17, 15) is 0 Å². The molecule has 2 nitrogen and oxygen atoms in total. The van der Waals surface area contributed by atoms with Gasteiger partial charge >= 0.3 is 0 Å². The van der Waals surface area contributed by atoms with Gasteiger partial charge in [-0.2, -0.15) is 0 Å². The normalized spacial score (nSPS) is 22.5. The molecule has 13 heavy (non-hydrogen) atoms. The van der Waals surface area contributed by atoms with Gasteiger partial charge in [0.1, 0.15) is 0 Å².